The van der Waals surface area contributed by atoms with E-state index in [4.69, 9.17) is 0 Å². The molecule has 2 aliphatic rings. The normalized spacial score (nSPS) is 13.1. The van der Waals surface area contributed by atoms with Crippen molar-refractivity contribution in [1.29, 1.82) is 0 Å². The van der Waals surface area contributed by atoms with Gasteiger partial charge in [0.1, 0.15) is 0 Å². The molecule has 1 spiro atoms. The first-order chi connectivity index (χ1) is 28.3. The van der Waals surface area contributed by atoms with E-state index in [1.165, 1.54) is 92.6 Å². The number of rotatable bonds is 5. The Hall–Kier alpha value is -7.00. The Morgan fingerprint density at radius 3 is 1.67 bits per heavy atom. The third kappa shape index (κ3) is 4.56. The lowest BCUT2D eigenvalue weighted by molar-refractivity contribution is 0.794. The number of nitrogens with zero attached hydrogens (tertiary/aromatic N) is 1. The topological polar surface area (TPSA) is 3.24 Å². The highest BCUT2D eigenvalue weighted by Crippen LogP contribution is 2.65. The minimum atomic E-state index is -0.437. The predicted molar refractivity (Wildman–Crippen MR) is 241 cm³/mol. The van der Waals surface area contributed by atoms with Crippen molar-refractivity contribution in [3.8, 4) is 44.5 Å². The monoisotopic (exact) mass is 741 g/mol. The number of hydrogen-bond acceptors (Lipinski definition) is 2. The van der Waals surface area contributed by atoms with Gasteiger partial charge in [-0.2, -0.15) is 0 Å². The Morgan fingerprint density at radius 1 is 0.351 bits per heavy atom. The van der Waals surface area contributed by atoms with Crippen LogP contribution in [-0.4, -0.2) is 0 Å². The van der Waals surface area contributed by atoms with Gasteiger partial charge in [-0.15, -0.1) is 11.3 Å². The smallest absolute Gasteiger partial charge is 0.0726 e. The minimum Gasteiger partial charge on any atom is -0.309 e. The summed E-state index contributed by atoms with van der Waals surface area (Å²) < 4.78 is 2.61. The van der Waals surface area contributed by atoms with E-state index in [0.29, 0.717) is 0 Å². The van der Waals surface area contributed by atoms with Crippen molar-refractivity contribution in [2.24, 2.45) is 0 Å². The van der Waals surface area contributed by atoms with E-state index < -0.39 is 5.41 Å². The Bertz CT molecular complexity index is 3160. The average Bonchev–Trinajstić information content (AvgIpc) is 3.92. The Balaban J connectivity index is 1.18. The molecular formula is C55H35NS. The van der Waals surface area contributed by atoms with Crippen molar-refractivity contribution in [2.75, 3.05) is 4.90 Å². The third-order valence-electron chi connectivity index (χ3n) is 12.3. The number of benzene rings is 9. The highest BCUT2D eigenvalue weighted by Gasteiger charge is 2.52. The quantitative estimate of drug-likeness (QED) is 0.170. The molecule has 0 bridgehead atoms. The van der Waals surface area contributed by atoms with Crippen LogP contribution in [0.3, 0.4) is 0 Å². The van der Waals surface area contributed by atoms with Crippen molar-refractivity contribution in [3.63, 3.8) is 0 Å². The molecule has 0 unspecified atom stereocenters. The van der Waals surface area contributed by atoms with Crippen molar-refractivity contribution in [3.05, 3.63) is 235 Å². The summed E-state index contributed by atoms with van der Waals surface area (Å²) in [6.45, 7) is 0. The molecule has 0 saturated heterocycles. The largest absolute Gasteiger partial charge is 0.309 e. The van der Waals surface area contributed by atoms with Gasteiger partial charge in [0.25, 0.3) is 0 Å². The molecule has 57 heavy (non-hydrogen) atoms. The van der Waals surface area contributed by atoms with Gasteiger partial charge < -0.3 is 4.90 Å². The van der Waals surface area contributed by atoms with Gasteiger partial charge in [0, 0.05) is 37.0 Å². The maximum Gasteiger partial charge on any atom is 0.0726 e. The standard InChI is InChI=1S/C55H35NS/c1-2-17-36(18-3-1)37-19-14-20-38(35-37)56(49-31-12-7-23-41(49)42-26-15-34-52-53(42)44-25-8-13-33-51(44)57-52)50-32-16-30-48-54(50)43-24-6-11-29-47(43)55(48)45-27-9-4-21-39(45)40-22-5-10-28-46(40)55/h1-35H. The van der Waals surface area contributed by atoms with Crippen LogP contribution in [0.1, 0.15) is 22.3 Å². The van der Waals surface area contributed by atoms with Gasteiger partial charge in [-0.05, 0) is 92.0 Å². The zero-order valence-electron chi connectivity index (χ0n) is 31.1. The van der Waals surface area contributed by atoms with Gasteiger partial charge in [-0.3, -0.25) is 0 Å². The lowest BCUT2D eigenvalue weighted by Crippen LogP contribution is -2.26. The van der Waals surface area contributed by atoms with Crippen LogP contribution in [0.4, 0.5) is 17.1 Å². The van der Waals surface area contributed by atoms with Crippen LogP contribution in [0.2, 0.25) is 0 Å². The Kier molecular flexibility index (Phi) is 7.08. The van der Waals surface area contributed by atoms with Crippen LogP contribution in [0.25, 0.3) is 64.7 Å². The summed E-state index contributed by atoms with van der Waals surface area (Å²) >= 11 is 1.87. The van der Waals surface area contributed by atoms with E-state index >= 15 is 0 Å². The van der Waals surface area contributed by atoms with Gasteiger partial charge in [0.05, 0.1) is 16.8 Å². The second-order valence-corrected chi connectivity index (χ2v) is 16.2. The molecule has 2 aliphatic carbocycles. The summed E-state index contributed by atoms with van der Waals surface area (Å²) in [7, 11) is 0. The van der Waals surface area contributed by atoms with Crippen molar-refractivity contribution in [2.45, 2.75) is 5.41 Å². The molecule has 0 saturated carbocycles. The highest BCUT2D eigenvalue weighted by atomic mass is 32.1. The summed E-state index contributed by atoms with van der Waals surface area (Å²) in [6, 6.07) is 78.8. The van der Waals surface area contributed by atoms with Crippen molar-refractivity contribution in [1.82, 2.24) is 0 Å². The van der Waals surface area contributed by atoms with Crippen LogP contribution in [-0.2, 0) is 5.41 Å². The third-order valence-corrected chi connectivity index (χ3v) is 13.4. The van der Waals surface area contributed by atoms with Gasteiger partial charge in [0.15, 0.2) is 0 Å². The summed E-state index contributed by atoms with van der Waals surface area (Å²) in [6.07, 6.45) is 0. The molecule has 1 heterocycles. The fourth-order valence-electron chi connectivity index (χ4n) is 10.1. The second kappa shape index (κ2) is 12.5. The molecule has 0 aliphatic heterocycles. The van der Waals surface area contributed by atoms with Crippen LogP contribution in [0.15, 0.2) is 212 Å². The molecule has 266 valence electrons. The summed E-state index contributed by atoms with van der Waals surface area (Å²) in [5, 5.41) is 2.61. The van der Waals surface area contributed by atoms with E-state index in [1.807, 2.05) is 11.3 Å². The lowest BCUT2D eigenvalue weighted by Gasteiger charge is -2.32. The molecule has 12 rings (SSSR count). The molecule has 0 atom stereocenters. The van der Waals surface area contributed by atoms with E-state index in [-0.39, 0.29) is 0 Å². The van der Waals surface area contributed by atoms with Crippen molar-refractivity contribution >= 4 is 48.6 Å². The van der Waals surface area contributed by atoms with Crippen molar-refractivity contribution < 1.29 is 0 Å². The molecule has 0 amide bonds. The minimum absolute atomic E-state index is 0.437. The molecule has 0 fully saturated rings. The van der Waals surface area contributed by atoms with E-state index in [2.05, 4.69) is 217 Å². The molecule has 0 radical (unpaired) electrons. The fraction of sp³-hybridized carbons (Fsp3) is 0.0182. The lowest BCUT2D eigenvalue weighted by atomic mass is 9.70. The Labute approximate surface area is 336 Å². The van der Waals surface area contributed by atoms with Crippen LogP contribution < -0.4 is 4.90 Å². The second-order valence-electron chi connectivity index (χ2n) is 15.1. The molecule has 10 aromatic rings. The van der Waals surface area contributed by atoms with Crippen LogP contribution in [0.5, 0.6) is 0 Å². The maximum absolute atomic E-state index is 2.54. The zero-order chi connectivity index (χ0) is 37.5. The van der Waals surface area contributed by atoms with Crippen LogP contribution in [0, 0.1) is 0 Å². The molecule has 9 aromatic carbocycles. The maximum atomic E-state index is 2.54. The SMILES string of the molecule is c1ccc(-c2cccc(N(c3ccccc3-c3cccc4sc5ccccc5c34)c3cccc4c3-c3ccccc3C43c4ccccc4-c4ccccc43)c2)cc1. The fourth-order valence-corrected chi connectivity index (χ4v) is 11.2. The highest BCUT2D eigenvalue weighted by molar-refractivity contribution is 7.25. The van der Waals surface area contributed by atoms with Gasteiger partial charge in [-0.25, -0.2) is 0 Å². The van der Waals surface area contributed by atoms with Crippen LogP contribution >= 0.6 is 11.3 Å². The summed E-state index contributed by atoms with van der Waals surface area (Å²) in [5.41, 5.74) is 18.4. The first-order valence-electron chi connectivity index (χ1n) is 19.7. The molecular weight excluding hydrogens is 707 g/mol. The summed E-state index contributed by atoms with van der Waals surface area (Å²) in [5.74, 6) is 0. The number of hydrogen-bond donors (Lipinski definition) is 0. The number of anilines is 3. The first kappa shape index (κ1) is 32.3. The van der Waals surface area contributed by atoms with E-state index in [9.17, 15) is 0 Å². The van der Waals surface area contributed by atoms with E-state index in [0.717, 1.165) is 11.4 Å². The summed E-state index contributed by atoms with van der Waals surface area (Å²) in [4.78, 5) is 2.54. The van der Waals surface area contributed by atoms with E-state index in [1.54, 1.807) is 0 Å². The molecule has 0 N–H and O–H groups in total. The predicted octanol–water partition coefficient (Wildman–Crippen LogP) is 15.2. The average molecular weight is 742 g/mol. The molecule has 1 nitrogen and oxygen atoms in total. The zero-order valence-corrected chi connectivity index (χ0v) is 31.9. The van der Waals surface area contributed by atoms with Gasteiger partial charge >= 0.3 is 0 Å². The Morgan fingerprint density at radius 2 is 0.877 bits per heavy atom. The molecule has 2 heteroatoms. The number of thiophene rings is 1. The van der Waals surface area contributed by atoms with Gasteiger partial charge in [-0.1, -0.05) is 176 Å². The number of fused-ring (bicyclic) bond motifs is 13. The number of para-hydroxylation sites is 1. The first-order valence-corrected chi connectivity index (χ1v) is 20.5. The molecule has 1 aromatic heterocycles. The van der Waals surface area contributed by atoms with Gasteiger partial charge in [0.2, 0.25) is 0 Å².